The second-order valence-electron chi connectivity index (χ2n) is 8.28. The van der Waals surface area contributed by atoms with E-state index in [4.69, 9.17) is 4.52 Å². The zero-order chi connectivity index (χ0) is 22.7. The fraction of sp³-hybridized carbons (Fsp3) is 0.571. The van der Waals surface area contributed by atoms with Gasteiger partial charge < -0.3 is 24.4 Å². The number of nitrogens with one attached hydrogen (secondary N) is 1. The van der Waals surface area contributed by atoms with E-state index < -0.39 is 6.36 Å². The fourth-order valence-corrected chi connectivity index (χ4v) is 4.10. The first-order valence-corrected chi connectivity index (χ1v) is 10.7. The zero-order valence-electron chi connectivity index (χ0n) is 17.8. The monoisotopic (exact) mass is 453 g/mol. The van der Waals surface area contributed by atoms with Crippen LogP contribution in [0.1, 0.15) is 49.0 Å². The number of benzene rings is 1. The molecule has 0 spiro atoms. The molecular weight excluding hydrogens is 427 g/mol. The minimum absolute atomic E-state index is 0.0604. The molecule has 0 saturated carbocycles. The molecule has 0 aliphatic carbocycles. The highest BCUT2D eigenvalue weighted by Gasteiger charge is 2.36. The van der Waals surface area contributed by atoms with Crippen LogP contribution in [-0.4, -0.2) is 58.4 Å². The summed E-state index contributed by atoms with van der Waals surface area (Å²) in [5.41, 5.74) is 0.684. The Morgan fingerprint density at radius 3 is 2.59 bits per heavy atom. The van der Waals surface area contributed by atoms with Gasteiger partial charge in [0.2, 0.25) is 11.8 Å². The molecule has 11 heteroatoms. The highest BCUT2D eigenvalue weighted by Crippen LogP contribution is 2.33. The van der Waals surface area contributed by atoms with E-state index in [1.165, 1.54) is 24.3 Å². The van der Waals surface area contributed by atoms with E-state index in [1.807, 2.05) is 0 Å². The standard InChI is InChI=1S/C21H26F3N5O3/c1-28-10-8-15(9-11-28)25-12-18-26-20(32-27-18)17-6-7-19(30)29(17)13-14-2-4-16(5-3-14)31-21(22,23)24/h2-5,15,17,25H,6-13H2,1H3/t17-/m0/s1. The average Bonchev–Trinajstić information content (AvgIpc) is 3.35. The minimum Gasteiger partial charge on any atom is -0.406 e. The number of likely N-dealkylation sites (tertiary alicyclic amines) is 2. The lowest BCUT2D eigenvalue weighted by Crippen LogP contribution is -2.40. The number of aromatic nitrogens is 2. The lowest BCUT2D eigenvalue weighted by atomic mass is 10.1. The normalized spacial score (nSPS) is 20.8. The quantitative estimate of drug-likeness (QED) is 0.690. The molecule has 1 aromatic carbocycles. The molecule has 2 aliphatic heterocycles. The van der Waals surface area contributed by atoms with Crippen LogP contribution in [-0.2, 0) is 17.9 Å². The summed E-state index contributed by atoms with van der Waals surface area (Å²) in [7, 11) is 2.11. The molecule has 174 valence electrons. The summed E-state index contributed by atoms with van der Waals surface area (Å²) < 4.78 is 46.3. The van der Waals surface area contributed by atoms with Crippen LogP contribution in [0.25, 0.3) is 0 Å². The van der Waals surface area contributed by atoms with Gasteiger partial charge in [-0.3, -0.25) is 4.79 Å². The van der Waals surface area contributed by atoms with Crippen molar-refractivity contribution >= 4 is 5.91 Å². The minimum atomic E-state index is -4.74. The van der Waals surface area contributed by atoms with E-state index in [1.54, 1.807) is 4.90 Å². The summed E-state index contributed by atoms with van der Waals surface area (Å²) in [5, 5.41) is 7.51. The van der Waals surface area contributed by atoms with Crippen LogP contribution in [0.2, 0.25) is 0 Å². The number of ether oxygens (including phenoxy) is 1. The zero-order valence-corrected chi connectivity index (χ0v) is 17.8. The van der Waals surface area contributed by atoms with Crippen LogP contribution < -0.4 is 10.1 Å². The third-order valence-electron chi connectivity index (χ3n) is 5.87. The summed E-state index contributed by atoms with van der Waals surface area (Å²) in [6.45, 7) is 2.84. The van der Waals surface area contributed by atoms with Gasteiger partial charge in [0.1, 0.15) is 11.8 Å². The predicted octanol–water partition coefficient (Wildman–Crippen LogP) is 3.02. The number of halogens is 3. The second-order valence-corrected chi connectivity index (χ2v) is 8.28. The maximum Gasteiger partial charge on any atom is 0.573 e. The van der Waals surface area contributed by atoms with Crippen LogP contribution >= 0.6 is 0 Å². The number of amides is 1. The van der Waals surface area contributed by atoms with Gasteiger partial charge in [0.15, 0.2) is 5.82 Å². The van der Waals surface area contributed by atoms with Crippen LogP contribution in [0.5, 0.6) is 5.75 Å². The van der Waals surface area contributed by atoms with Crippen molar-refractivity contribution in [1.82, 2.24) is 25.3 Å². The second kappa shape index (κ2) is 9.45. The number of piperidine rings is 1. The molecule has 3 heterocycles. The Bertz CT molecular complexity index is 910. The molecule has 1 atom stereocenters. The van der Waals surface area contributed by atoms with Crippen molar-refractivity contribution in [2.75, 3.05) is 20.1 Å². The van der Waals surface area contributed by atoms with Gasteiger partial charge in [-0.1, -0.05) is 17.3 Å². The first-order valence-electron chi connectivity index (χ1n) is 10.7. The van der Waals surface area contributed by atoms with Crippen LogP contribution in [0.3, 0.4) is 0 Å². The highest BCUT2D eigenvalue weighted by atomic mass is 19.4. The third kappa shape index (κ3) is 5.77. The van der Waals surface area contributed by atoms with E-state index >= 15 is 0 Å². The molecule has 0 unspecified atom stereocenters. The highest BCUT2D eigenvalue weighted by molar-refractivity contribution is 5.78. The van der Waals surface area contributed by atoms with Crippen molar-refractivity contribution in [2.45, 2.75) is 57.2 Å². The van der Waals surface area contributed by atoms with Crippen LogP contribution in [0, 0.1) is 0 Å². The van der Waals surface area contributed by atoms with Gasteiger partial charge in [-0.05, 0) is 57.1 Å². The lowest BCUT2D eigenvalue weighted by molar-refractivity contribution is -0.274. The number of nitrogens with zero attached hydrogens (tertiary/aromatic N) is 4. The van der Waals surface area contributed by atoms with Crippen molar-refractivity contribution < 1.29 is 27.2 Å². The lowest BCUT2D eigenvalue weighted by Gasteiger charge is -2.29. The van der Waals surface area contributed by atoms with Crippen molar-refractivity contribution in [2.24, 2.45) is 0 Å². The topological polar surface area (TPSA) is 83.7 Å². The Balaban J connectivity index is 1.35. The average molecular weight is 453 g/mol. The molecule has 0 radical (unpaired) electrons. The first kappa shape index (κ1) is 22.5. The largest absolute Gasteiger partial charge is 0.573 e. The summed E-state index contributed by atoms with van der Waals surface area (Å²) >= 11 is 0. The summed E-state index contributed by atoms with van der Waals surface area (Å²) in [5.74, 6) is 0.568. The molecule has 32 heavy (non-hydrogen) atoms. The number of rotatable bonds is 7. The van der Waals surface area contributed by atoms with Crippen molar-refractivity contribution in [3.8, 4) is 5.75 Å². The van der Waals surface area contributed by atoms with Gasteiger partial charge in [0.05, 0.1) is 6.54 Å². The Morgan fingerprint density at radius 1 is 1.19 bits per heavy atom. The van der Waals surface area contributed by atoms with E-state index in [-0.39, 0.29) is 24.2 Å². The third-order valence-corrected chi connectivity index (χ3v) is 5.87. The molecule has 2 saturated heterocycles. The molecule has 1 amide bonds. The van der Waals surface area contributed by atoms with Crippen molar-refractivity contribution in [3.63, 3.8) is 0 Å². The molecule has 2 aromatic rings. The first-order chi connectivity index (χ1) is 15.3. The Morgan fingerprint density at radius 2 is 1.91 bits per heavy atom. The van der Waals surface area contributed by atoms with Crippen molar-refractivity contribution in [1.29, 1.82) is 0 Å². The van der Waals surface area contributed by atoms with Gasteiger partial charge in [0.25, 0.3) is 0 Å². The number of hydrogen-bond donors (Lipinski definition) is 1. The maximum atomic E-state index is 12.4. The Labute approximate surface area is 183 Å². The van der Waals surface area contributed by atoms with E-state index in [2.05, 4.69) is 32.1 Å². The Hall–Kier alpha value is -2.66. The van der Waals surface area contributed by atoms with Gasteiger partial charge in [-0.25, -0.2) is 0 Å². The molecule has 8 nitrogen and oxygen atoms in total. The van der Waals surface area contributed by atoms with Gasteiger partial charge in [-0.2, -0.15) is 4.98 Å². The predicted molar refractivity (Wildman–Crippen MR) is 107 cm³/mol. The summed E-state index contributed by atoms with van der Waals surface area (Å²) in [4.78, 5) is 20.8. The number of alkyl halides is 3. The molecule has 0 bridgehead atoms. The molecule has 2 aliphatic rings. The van der Waals surface area contributed by atoms with Crippen molar-refractivity contribution in [3.05, 3.63) is 41.5 Å². The summed E-state index contributed by atoms with van der Waals surface area (Å²) in [6.07, 6.45) is -1.70. The number of carbonyl (C=O) groups excluding carboxylic acids is 1. The van der Waals surface area contributed by atoms with Crippen LogP contribution in [0.4, 0.5) is 13.2 Å². The van der Waals surface area contributed by atoms with E-state index in [0.717, 1.165) is 25.9 Å². The maximum absolute atomic E-state index is 12.4. The molecule has 1 N–H and O–H groups in total. The Kier molecular flexibility index (Phi) is 6.66. The van der Waals surface area contributed by atoms with Gasteiger partial charge in [-0.15, -0.1) is 13.2 Å². The molecule has 2 fully saturated rings. The molecular formula is C21H26F3N5O3. The molecule has 1 aromatic heterocycles. The number of hydrogen-bond acceptors (Lipinski definition) is 7. The smallest absolute Gasteiger partial charge is 0.406 e. The van der Waals surface area contributed by atoms with Crippen LogP contribution in [0.15, 0.2) is 28.8 Å². The van der Waals surface area contributed by atoms with E-state index in [9.17, 15) is 18.0 Å². The van der Waals surface area contributed by atoms with E-state index in [0.29, 0.717) is 42.7 Å². The number of carbonyl (C=O) groups is 1. The fourth-order valence-electron chi connectivity index (χ4n) is 4.10. The summed E-state index contributed by atoms with van der Waals surface area (Å²) in [6, 6.07) is 5.55. The molecule has 4 rings (SSSR count). The van der Waals surface area contributed by atoms with Gasteiger partial charge >= 0.3 is 6.36 Å². The van der Waals surface area contributed by atoms with Gasteiger partial charge in [0, 0.05) is 19.0 Å². The SMILES string of the molecule is CN1CCC(NCc2noc([C@@H]3CCC(=O)N3Cc3ccc(OC(F)(F)F)cc3)n2)CC1.